The van der Waals surface area contributed by atoms with Gasteiger partial charge in [-0.1, -0.05) is 6.07 Å². The minimum Gasteiger partial charge on any atom is -0.495 e. The summed E-state index contributed by atoms with van der Waals surface area (Å²) in [5, 5.41) is 1.72. The molecule has 2 aromatic heterocycles. The lowest BCUT2D eigenvalue weighted by Crippen LogP contribution is -2.13. The number of rotatable bonds is 5. The van der Waals surface area contributed by atoms with Crippen LogP contribution in [0, 0.1) is 0 Å². The van der Waals surface area contributed by atoms with Gasteiger partial charge in [0.15, 0.2) is 0 Å². The van der Waals surface area contributed by atoms with Crippen LogP contribution >= 0.6 is 11.3 Å². The number of sulfonamides is 1. The summed E-state index contributed by atoms with van der Waals surface area (Å²) in [6, 6.07) is 10.5. The molecule has 4 rings (SSSR count). The van der Waals surface area contributed by atoms with E-state index in [1.807, 2.05) is 12.1 Å². The van der Waals surface area contributed by atoms with Crippen LogP contribution in [0.1, 0.15) is 11.1 Å². The Kier molecular flexibility index (Phi) is 4.21. The van der Waals surface area contributed by atoms with Gasteiger partial charge in [0, 0.05) is 24.4 Å². The smallest absolute Gasteiger partial charge is 0.271 e. The van der Waals surface area contributed by atoms with Crippen molar-refractivity contribution in [3.8, 4) is 5.75 Å². The molecule has 1 aliphatic heterocycles. The number of hydrogen-bond donors (Lipinski definition) is 1. The molecular weight excluding hydrogens is 370 g/mol. The highest BCUT2D eigenvalue weighted by Crippen LogP contribution is 2.32. The molecule has 0 saturated carbocycles. The number of anilines is 1. The van der Waals surface area contributed by atoms with E-state index in [1.165, 1.54) is 7.11 Å². The molecule has 0 fully saturated rings. The van der Waals surface area contributed by atoms with Crippen LogP contribution in [0.2, 0.25) is 0 Å². The minimum atomic E-state index is -3.66. The van der Waals surface area contributed by atoms with Gasteiger partial charge in [-0.05, 0) is 41.3 Å². The first-order valence-electron chi connectivity index (χ1n) is 7.82. The number of thiophene rings is 1. The second-order valence-electron chi connectivity index (χ2n) is 5.69. The Morgan fingerprint density at radius 1 is 1.23 bits per heavy atom. The molecule has 1 aromatic carbocycles. The van der Waals surface area contributed by atoms with Crippen LogP contribution in [0.5, 0.6) is 5.75 Å². The van der Waals surface area contributed by atoms with Gasteiger partial charge in [0.05, 0.1) is 24.2 Å². The summed E-state index contributed by atoms with van der Waals surface area (Å²) in [7, 11) is -2.15. The van der Waals surface area contributed by atoms with Gasteiger partial charge in [0.2, 0.25) is 0 Å². The predicted octanol–water partition coefficient (Wildman–Crippen LogP) is 3.63. The normalized spacial score (nSPS) is 13.2. The van der Waals surface area contributed by atoms with Crippen LogP contribution in [0.4, 0.5) is 11.4 Å². The van der Waals surface area contributed by atoms with Crippen molar-refractivity contribution < 1.29 is 13.2 Å². The molecule has 3 aromatic rings. The minimum absolute atomic E-state index is 0.252. The molecule has 6 nitrogen and oxygen atoms in total. The number of nitrogens with zero attached hydrogens (tertiary/aromatic N) is 2. The number of nitrogens with one attached hydrogen (secondary N) is 1. The zero-order valence-electron chi connectivity index (χ0n) is 13.8. The zero-order chi connectivity index (χ0) is 18.1. The first kappa shape index (κ1) is 16.7. The molecule has 3 heterocycles. The van der Waals surface area contributed by atoms with Crippen molar-refractivity contribution in [1.82, 2.24) is 4.98 Å². The molecule has 26 heavy (non-hydrogen) atoms. The molecule has 8 heteroatoms. The Balaban J connectivity index is 1.69. The molecule has 1 N–H and O–H groups in total. The lowest BCUT2D eigenvalue weighted by molar-refractivity contribution is 0.417. The number of aliphatic imine (C=N–C) groups is 1. The highest BCUT2D eigenvalue weighted by atomic mass is 32.2. The predicted molar refractivity (Wildman–Crippen MR) is 102 cm³/mol. The summed E-state index contributed by atoms with van der Waals surface area (Å²) in [5.41, 5.74) is 4.04. The number of hydrogen-bond acceptors (Lipinski definition) is 6. The van der Waals surface area contributed by atoms with Gasteiger partial charge < -0.3 is 4.74 Å². The van der Waals surface area contributed by atoms with E-state index >= 15 is 0 Å². The molecule has 0 amide bonds. The van der Waals surface area contributed by atoms with Crippen molar-refractivity contribution >= 4 is 38.4 Å². The van der Waals surface area contributed by atoms with Crippen LogP contribution in [-0.2, 0) is 16.4 Å². The van der Waals surface area contributed by atoms with Crippen LogP contribution in [0.3, 0.4) is 0 Å². The third-order valence-corrected chi connectivity index (χ3v) is 6.79. The summed E-state index contributed by atoms with van der Waals surface area (Å²) in [5.74, 6) is 0.451. The fourth-order valence-electron chi connectivity index (χ4n) is 2.78. The molecule has 0 radical (unpaired) electrons. The Labute approximate surface area is 155 Å². The van der Waals surface area contributed by atoms with Crippen molar-refractivity contribution in [2.24, 2.45) is 4.99 Å². The molecule has 0 saturated heterocycles. The molecule has 132 valence electrons. The monoisotopic (exact) mass is 385 g/mol. The number of benzene rings is 1. The average Bonchev–Trinajstić information content (AvgIpc) is 3.31. The fourth-order valence-corrected chi connectivity index (χ4v) is 4.83. The van der Waals surface area contributed by atoms with E-state index in [-0.39, 0.29) is 4.21 Å². The maximum atomic E-state index is 12.5. The van der Waals surface area contributed by atoms with Crippen molar-refractivity contribution in [2.75, 3.05) is 11.8 Å². The molecule has 0 spiro atoms. The maximum Gasteiger partial charge on any atom is 0.271 e. The SMILES string of the molecule is COc1ccc(C2=Nc3ccncc3C2)cc1NS(=O)(=O)c1cccs1. The van der Waals surface area contributed by atoms with Gasteiger partial charge in [-0.2, -0.15) is 0 Å². The summed E-state index contributed by atoms with van der Waals surface area (Å²) >= 11 is 1.16. The van der Waals surface area contributed by atoms with Gasteiger partial charge >= 0.3 is 0 Å². The Morgan fingerprint density at radius 3 is 2.85 bits per heavy atom. The largest absolute Gasteiger partial charge is 0.495 e. The molecule has 0 unspecified atom stereocenters. The van der Waals surface area contributed by atoms with E-state index < -0.39 is 10.0 Å². The molecular formula is C18H15N3O3S2. The first-order chi connectivity index (χ1) is 12.6. The summed E-state index contributed by atoms with van der Waals surface area (Å²) in [4.78, 5) is 8.75. The Morgan fingerprint density at radius 2 is 2.12 bits per heavy atom. The number of fused-ring (bicyclic) bond motifs is 1. The van der Waals surface area contributed by atoms with E-state index in [9.17, 15) is 8.42 Å². The Hall–Kier alpha value is -2.71. The highest BCUT2D eigenvalue weighted by molar-refractivity contribution is 7.94. The lowest BCUT2D eigenvalue weighted by atomic mass is 10.0. The third-order valence-electron chi connectivity index (χ3n) is 4.03. The maximum absolute atomic E-state index is 12.5. The van der Waals surface area contributed by atoms with Gasteiger partial charge in [-0.3, -0.25) is 14.7 Å². The van der Waals surface area contributed by atoms with Crippen LogP contribution < -0.4 is 9.46 Å². The van der Waals surface area contributed by atoms with Crippen molar-refractivity contribution in [3.63, 3.8) is 0 Å². The molecule has 1 aliphatic rings. The second-order valence-corrected chi connectivity index (χ2v) is 8.55. The second kappa shape index (κ2) is 6.54. The van der Waals surface area contributed by atoms with Gasteiger partial charge in [0.1, 0.15) is 9.96 Å². The van der Waals surface area contributed by atoms with Crippen LogP contribution in [0.15, 0.2) is 63.4 Å². The van der Waals surface area contributed by atoms with E-state index in [0.29, 0.717) is 17.9 Å². The average molecular weight is 385 g/mol. The molecule has 0 aliphatic carbocycles. The van der Waals surface area contributed by atoms with Crippen molar-refractivity contribution in [2.45, 2.75) is 10.6 Å². The summed E-state index contributed by atoms with van der Waals surface area (Å²) in [6.45, 7) is 0. The van der Waals surface area contributed by atoms with Gasteiger partial charge in [0.25, 0.3) is 10.0 Å². The molecule has 0 atom stereocenters. The fraction of sp³-hybridized carbons (Fsp3) is 0.111. The highest BCUT2D eigenvalue weighted by Gasteiger charge is 2.20. The standard InChI is InChI=1S/C18H15N3O3S2/c1-24-17-5-4-12(15-10-13-11-19-7-6-14(13)20-15)9-16(17)21-26(22,23)18-3-2-8-25-18/h2-9,11,21H,10H2,1H3. The van der Waals surface area contributed by atoms with E-state index in [2.05, 4.69) is 14.7 Å². The zero-order valence-corrected chi connectivity index (χ0v) is 15.5. The summed E-state index contributed by atoms with van der Waals surface area (Å²) < 4.78 is 33.3. The van der Waals surface area contributed by atoms with Crippen molar-refractivity contribution in [1.29, 1.82) is 0 Å². The van der Waals surface area contributed by atoms with Crippen LogP contribution in [0.25, 0.3) is 0 Å². The van der Waals surface area contributed by atoms with E-state index in [1.54, 1.807) is 42.0 Å². The number of aromatic nitrogens is 1. The quantitative estimate of drug-likeness (QED) is 0.727. The third kappa shape index (κ3) is 3.09. The Bertz CT molecular complexity index is 1090. The lowest BCUT2D eigenvalue weighted by Gasteiger charge is -2.13. The molecule has 0 bridgehead atoms. The van der Waals surface area contributed by atoms with E-state index in [0.717, 1.165) is 33.9 Å². The topological polar surface area (TPSA) is 80.7 Å². The first-order valence-corrected chi connectivity index (χ1v) is 10.2. The van der Waals surface area contributed by atoms with Gasteiger partial charge in [-0.15, -0.1) is 11.3 Å². The van der Waals surface area contributed by atoms with Crippen LogP contribution in [-0.4, -0.2) is 26.2 Å². The van der Waals surface area contributed by atoms with Crippen molar-refractivity contribution in [3.05, 3.63) is 65.3 Å². The number of ether oxygens (including phenoxy) is 1. The van der Waals surface area contributed by atoms with E-state index in [4.69, 9.17) is 4.74 Å². The number of pyridine rings is 1. The van der Waals surface area contributed by atoms with Gasteiger partial charge in [-0.25, -0.2) is 8.42 Å². The summed E-state index contributed by atoms with van der Waals surface area (Å²) in [6.07, 6.45) is 4.17. The number of methoxy groups -OCH3 is 1.